The van der Waals surface area contributed by atoms with Gasteiger partial charge < -0.3 is 14.8 Å². The molecule has 0 aromatic heterocycles. The van der Waals surface area contributed by atoms with Crippen LogP contribution in [-0.4, -0.2) is 62.5 Å². The quantitative estimate of drug-likeness (QED) is 0.163. The molecule has 2 aromatic carbocycles. The summed E-state index contributed by atoms with van der Waals surface area (Å²) in [5, 5.41) is 6.57. The number of carbonyl (C=O) groups is 1. The summed E-state index contributed by atoms with van der Waals surface area (Å²) in [4.78, 5) is 11.1. The first-order chi connectivity index (χ1) is 25.2. The summed E-state index contributed by atoms with van der Waals surface area (Å²) in [6, 6.07) is 22.7. The van der Waals surface area contributed by atoms with Crippen molar-refractivity contribution in [2.45, 2.75) is 188 Å². The molecule has 0 amide bonds. The Labute approximate surface area is 428 Å². The zero-order valence-electron chi connectivity index (χ0n) is 36.1. The Morgan fingerprint density at radius 3 is 1.33 bits per heavy atom. The normalized spacial score (nSPS) is 24.4. The number of nitrogens with one attached hydrogen (secondary N) is 1. The summed E-state index contributed by atoms with van der Waals surface area (Å²) < 4.78 is 10.6. The van der Waals surface area contributed by atoms with Crippen LogP contribution in [-0.2, 0) is 48.4 Å². The minimum Gasteiger partial charge on any atom is -0.462 e. The minimum atomic E-state index is -0.564. The number of ether oxygens (including phenoxy) is 2. The maximum absolute atomic E-state index is 11.1. The molecule has 4 saturated carbocycles. The van der Waals surface area contributed by atoms with Gasteiger partial charge in [0.2, 0.25) is 0 Å². The van der Waals surface area contributed by atoms with Crippen LogP contribution in [0.2, 0.25) is 0 Å². The molecular weight excluding hydrogens is 1290 g/mol. The van der Waals surface area contributed by atoms with Crippen LogP contribution in [0.4, 0.5) is 0 Å². The summed E-state index contributed by atoms with van der Waals surface area (Å²) in [6.07, 6.45) is 26.2. The van der Waals surface area contributed by atoms with E-state index < -0.39 is 7.92 Å². The summed E-state index contributed by atoms with van der Waals surface area (Å²) in [5.74, 6) is 1.28. The Bertz CT molecular complexity index is 1170. The van der Waals surface area contributed by atoms with Crippen LogP contribution in [0.5, 0.6) is 0 Å². The van der Waals surface area contributed by atoms with E-state index in [1.54, 1.807) is 5.30 Å². The van der Waals surface area contributed by atoms with Crippen molar-refractivity contribution in [3.05, 3.63) is 60.7 Å². The van der Waals surface area contributed by atoms with E-state index in [4.69, 9.17) is 9.47 Å². The second kappa shape index (κ2) is 40.3. The number of benzene rings is 2. The molecule has 1 aliphatic heterocycles. The molecule has 4 aliphatic carbocycles. The fourth-order valence-corrected chi connectivity index (χ4v) is 14.9. The molecule has 7 rings (SSSR count). The summed E-state index contributed by atoms with van der Waals surface area (Å²) in [6.45, 7) is 13.9. The van der Waals surface area contributed by atoms with Crippen LogP contribution in [0.15, 0.2) is 60.7 Å². The van der Waals surface area contributed by atoms with Crippen LogP contribution in [0.3, 0.4) is 0 Å². The van der Waals surface area contributed by atoms with Crippen molar-refractivity contribution in [2.75, 3.05) is 27.0 Å². The Morgan fingerprint density at radius 2 is 1.02 bits per heavy atom. The maximum Gasteiger partial charge on any atom is 0.302 e. The van der Waals surface area contributed by atoms with Gasteiger partial charge in [0, 0.05) is 141 Å². The van der Waals surface area contributed by atoms with Gasteiger partial charge in [0.1, 0.15) is 6.10 Å². The van der Waals surface area contributed by atoms with E-state index in [0.717, 1.165) is 23.8 Å². The minimum absolute atomic E-state index is 0. The average molecular weight is 1370 g/mol. The largest absolute Gasteiger partial charge is 0.462 e. The molecule has 2 aromatic rings. The molecule has 0 spiro atoms. The molecule has 2 radical (unpaired) electrons. The summed E-state index contributed by atoms with van der Waals surface area (Å²) in [7, 11) is 1.15. The Kier molecular flexibility index (Phi) is 46.1. The van der Waals surface area contributed by atoms with Gasteiger partial charge in [-0.3, -0.25) is 4.79 Å². The number of rotatable bonds is 8. The van der Waals surface area contributed by atoms with Crippen molar-refractivity contribution < 1.29 is 108 Å². The fraction of sp³-hybridized carbons (Fsp3) is 0.729. The number of carbonyl (C=O) groups excluding carboxylic acids is 1. The summed E-state index contributed by atoms with van der Waals surface area (Å²) in [5.41, 5.74) is 1.67. The van der Waals surface area contributed by atoms with Gasteiger partial charge in [0.25, 0.3) is 0 Å². The van der Waals surface area contributed by atoms with Crippen molar-refractivity contribution in [1.29, 1.82) is 0 Å². The number of esters is 1. The number of hydrogen-bond donors (Lipinski definition) is 1. The van der Waals surface area contributed by atoms with E-state index in [9.17, 15) is 4.79 Å². The Hall–Kier alpha value is 1.75. The molecule has 1 N–H and O–H groups in total. The van der Waals surface area contributed by atoms with Crippen LogP contribution in [0, 0.1) is 71.7 Å². The number of hydrogen-bond acceptors (Lipinski definition) is 4. The van der Waals surface area contributed by atoms with E-state index in [2.05, 4.69) is 107 Å². The first kappa shape index (κ1) is 66.4. The van der Waals surface area contributed by atoms with Crippen molar-refractivity contribution in [3.63, 3.8) is 0 Å². The molecule has 5 aliphatic rings. The van der Waals surface area contributed by atoms with Gasteiger partial charge in [-0.25, -0.2) is 0 Å². The van der Waals surface area contributed by atoms with Gasteiger partial charge in [-0.05, 0) is 103 Å². The van der Waals surface area contributed by atoms with E-state index in [1.165, 1.54) is 128 Å². The third-order valence-corrected chi connectivity index (χ3v) is 18.6. The molecule has 0 bridgehead atoms. The molecule has 336 valence electrons. The SMILES string of the molecule is C.C.C1CCCC1.C1CCCC1.CC(=O)O[C@H](C)C1CCCC1[PH+](C)c1ccccc1.CC1CCCO1.CN[C@H](C)C1CCCC1[PH+](C)c1ccccc1.[Fe].[Fe].[Np].[Np]. The molecule has 1 saturated heterocycles. The third kappa shape index (κ3) is 25.9. The van der Waals surface area contributed by atoms with E-state index >= 15 is 0 Å². The van der Waals surface area contributed by atoms with Crippen LogP contribution >= 0.6 is 15.8 Å². The third-order valence-electron chi connectivity index (χ3n) is 12.4. The van der Waals surface area contributed by atoms with E-state index in [1.807, 2.05) is 0 Å². The Balaban J connectivity index is -0.000000339. The molecule has 10 heteroatoms. The van der Waals surface area contributed by atoms with E-state index in [0.29, 0.717) is 18.1 Å². The smallest absolute Gasteiger partial charge is 0.302 e. The predicted octanol–water partition coefficient (Wildman–Crippen LogP) is 12.6. The first-order valence-corrected chi connectivity index (χ1v) is 25.6. The molecule has 58 heavy (non-hydrogen) atoms. The standard InChI is InChI=1S/C16H23O2P.C15H24NP.C5H10O.2C5H10.2CH4.2Fe.2Np/c1-12(18-13(2)17)15-10-7-11-16(15)19(3)14-8-5-4-6-9-14;1-12(16-2)14-10-7-11-15(14)17(3)13-8-5-4-6-9-13;1-5-3-2-4-6-5;2*1-2-4-5-3-1;;;;;;/h4-6,8-9,12,15-16H,7,10-11H2,1-3H3;4-6,8-9,12,14-16H,7,10-11H2,1-3H3;5H,2-4H2,1H3;2*1-5H2;2*1H4;;;;/p+2/t12-,15?,16?,19?;12-,14?,15?,17?;;;;;;;;;/m11........./s1. The van der Waals surface area contributed by atoms with Gasteiger partial charge >= 0.3 is 5.97 Å². The Morgan fingerprint density at radius 1 is 0.638 bits per heavy atom. The second-order valence-electron chi connectivity index (χ2n) is 16.3. The zero-order chi connectivity index (χ0) is 37.6. The molecular formula is C48H87Fe2NNp2O3P2+2. The maximum atomic E-state index is 11.1. The monoisotopic (exact) mass is 1370 g/mol. The molecule has 7 unspecified atom stereocenters. The topological polar surface area (TPSA) is 47.6 Å². The van der Waals surface area contributed by atoms with Crippen LogP contribution in [0.25, 0.3) is 0 Å². The molecule has 9 atom stereocenters. The summed E-state index contributed by atoms with van der Waals surface area (Å²) >= 11 is 0. The van der Waals surface area contributed by atoms with E-state index in [-0.39, 0.29) is 129 Å². The van der Waals surface area contributed by atoms with Crippen LogP contribution < -0.4 is 15.9 Å². The van der Waals surface area contributed by atoms with Crippen molar-refractivity contribution >= 4 is 32.4 Å². The van der Waals surface area contributed by atoms with Gasteiger partial charge in [0.15, 0.2) is 0 Å². The molecule has 5 fully saturated rings. The van der Waals surface area contributed by atoms with Crippen molar-refractivity contribution in [1.82, 2.24) is 5.32 Å². The van der Waals surface area contributed by atoms with Crippen molar-refractivity contribution in [2.24, 2.45) is 11.8 Å². The van der Waals surface area contributed by atoms with Crippen molar-refractivity contribution in [3.8, 4) is 0 Å². The average Bonchev–Trinajstić information content (AvgIpc) is 4.02. The predicted molar refractivity (Wildman–Crippen MR) is 247 cm³/mol. The second-order valence-corrected chi connectivity index (χ2v) is 21.6. The van der Waals surface area contributed by atoms with Gasteiger partial charge in [-0.2, -0.15) is 0 Å². The zero-order valence-corrected chi connectivity index (χ0v) is 47.7. The van der Waals surface area contributed by atoms with Gasteiger partial charge in [0.05, 0.1) is 41.4 Å². The van der Waals surface area contributed by atoms with Gasteiger partial charge in [-0.1, -0.05) is 115 Å². The molecule has 4 nitrogen and oxygen atoms in total. The first-order valence-electron chi connectivity index (χ1n) is 21.5. The van der Waals surface area contributed by atoms with Crippen LogP contribution in [0.1, 0.15) is 158 Å². The van der Waals surface area contributed by atoms with Gasteiger partial charge in [-0.15, -0.1) is 0 Å². The molecule has 1 heterocycles. The fourth-order valence-electron chi connectivity index (χ4n) is 9.11.